The maximum Gasteiger partial charge on any atom is 0.416 e. The SMILES string of the molecule is COc1ccc(Cc2ccc(C(F)(F)F)cc2)cc1-c1nn[nH]c1C#N. The van der Waals surface area contributed by atoms with E-state index in [0.717, 1.165) is 23.3 Å². The zero-order valence-corrected chi connectivity index (χ0v) is 13.6. The number of alkyl halides is 3. The van der Waals surface area contributed by atoms with Crippen LogP contribution in [0.15, 0.2) is 42.5 Å². The lowest BCUT2D eigenvalue weighted by atomic mass is 9.99. The molecule has 2 aromatic carbocycles. The van der Waals surface area contributed by atoms with Crippen molar-refractivity contribution < 1.29 is 17.9 Å². The van der Waals surface area contributed by atoms with Gasteiger partial charge in [-0.05, 0) is 41.8 Å². The molecule has 132 valence electrons. The van der Waals surface area contributed by atoms with Crippen LogP contribution in [-0.2, 0) is 12.6 Å². The van der Waals surface area contributed by atoms with Crippen molar-refractivity contribution in [1.29, 1.82) is 5.26 Å². The predicted octanol–water partition coefficient (Wildman–Crippen LogP) is 3.96. The number of ether oxygens (including phenoxy) is 1. The molecule has 0 atom stereocenters. The van der Waals surface area contributed by atoms with Gasteiger partial charge in [-0.1, -0.05) is 23.4 Å². The number of aromatic amines is 1. The molecular formula is C18H13F3N4O. The van der Waals surface area contributed by atoms with E-state index in [1.165, 1.54) is 19.2 Å². The van der Waals surface area contributed by atoms with Gasteiger partial charge in [0.05, 0.1) is 12.7 Å². The van der Waals surface area contributed by atoms with Crippen LogP contribution < -0.4 is 4.74 Å². The second kappa shape index (κ2) is 6.88. The molecule has 0 fully saturated rings. The van der Waals surface area contributed by atoms with Gasteiger partial charge in [0.25, 0.3) is 0 Å². The molecule has 8 heteroatoms. The van der Waals surface area contributed by atoms with Gasteiger partial charge in [0.1, 0.15) is 17.5 Å². The van der Waals surface area contributed by atoms with E-state index in [2.05, 4.69) is 15.4 Å². The summed E-state index contributed by atoms with van der Waals surface area (Å²) in [6.07, 6.45) is -3.93. The highest BCUT2D eigenvalue weighted by Gasteiger charge is 2.29. The van der Waals surface area contributed by atoms with Crippen LogP contribution in [0.3, 0.4) is 0 Å². The highest BCUT2D eigenvalue weighted by atomic mass is 19.4. The fourth-order valence-corrected chi connectivity index (χ4v) is 2.59. The number of halogens is 3. The van der Waals surface area contributed by atoms with Crippen LogP contribution in [0, 0.1) is 11.3 Å². The normalized spacial score (nSPS) is 11.2. The Balaban J connectivity index is 1.92. The van der Waals surface area contributed by atoms with E-state index in [-0.39, 0.29) is 5.69 Å². The summed E-state index contributed by atoms with van der Waals surface area (Å²) in [6.45, 7) is 0. The molecule has 0 unspecified atom stereocenters. The summed E-state index contributed by atoms with van der Waals surface area (Å²) in [7, 11) is 1.50. The lowest BCUT2D eigenvalue weighted by molar-refractivity contribution is -0.137. The minimum absolute atomic E-state index is 0.204. The monoisotopic (exact) mass is 358 g/mol. The number of hydrogen-bond donors (Lipinski definition) is 1. The van der Waals surface area contributed by atoms with E-state index in [1.54, 1.807) is 12.1 Å². The zero-order valence-electron chi connectivity index (χ0n) is 13.6. The Labute approximate surface area is 147 Å². The van der Waals surface area contributed by atoms with E-state index < -0.39 is 11.7 Å². The molecule has 5 nitrogen and oxygen atoms in total. The third-order valence-corrected chi connectivity index (χ3v) is 3.87. The molecule has 0 aliphatic carbocycles. The third-order valence-electron chi connectivity index (χ3n) is 3.87. The summed E-state index contributed by atoms with van der Waals surface area (Å²) in [5.41, 5.74) is 2.04. The Hall–Kier alpha value is -3.34. The van der Waals surface area contributed by atoms with E-state index in [0.29, 0.717) is 23.4 Å². The van der Waals surface area contributed by atoms with Crippen LogP contribution in [0.2, 0.25) is 0 Å². The molecule has 3 rings (SSSR count). The largest absolute Gasteiger partial charge is 0.496 e. The molecule has 1 N–H and O–H groups in total. The van der Waals surface area contributed by atoms with Crippen molar-refractivity contribution in [2.45, 2.75) is 12.6 Å². The van der Waals surface area contributed by atoms with Crippen LogP contribution in [0.25, 0.3) is 11.3 Å². The molecule has 3 aromatic rings. The molecule has 1 aromatic heterocycles. The van der Waals surface area contributed by atoms with E-state index in [9.17, 15) is 13.2 Å². The molecule has 0 aliphatic heterocycles. The molecule has 1 heterocycles. The van der Waals surface area contributed by atoms with Crippen molar-refractivity contribution in [2.75, 3.05) is 7.11 Å². The molecule has 0 spiro atoms. The molecule has 0 amide bonds. The Bertz CT molecular complexity index is 956. The first-order valence-electron chi connectivity index (χ1n) is 7.57. The Kier molecular flexibility index (Phi) is 4.63. The van der Waals surface area contributed by atoms with Crippen LogP contribution in [0.5, 0.6) is 5.75 Å². The topological polar surface area (TPSA) is 74.6 Å². The number of benzene rings is 2. The zero-order chi connectivity index (χ0) is 18.7. The van der Waals surface area contributed by atoms with E-state index >= 15 is 0 Å². The van der Waals surface area contributed by atoms with Gasteiger partial charge in [-0.25, -0.2) is 5.10 Å². The number of nitrogens with one attached hydrogen (secondary N) is 1. The minimum Gasteiger partial charge on any atom is -0.496 e. The van der Waals surface area contributed by atoms with Crippen molar-refractivity contribution >= 4 is 0 Å². The number of nitriles is 1. The first kappa shape index (κ1) is 17.5. The van der Waals surface area contributed by atoms with Gasteiger partial charge in [0.2, 0.25) is 0 Å². The summed E-state index contributed by atoms with van der Waals surface area (Å²) in [4.78, 5) is 0. The van der Waals surface area contributed by atoms with Crippen molar-refractivity contribution in [1.82, 2.24) is 15.4 Å². The highest BCUT2D eigenvalue weighted by Crippen LogP contribution is 2.32. The van der Waals surface area contributed by atoms with Crippen molar-refractivity contribution in [3.8, 4) is 23.1 Å². The van der Waals surface area contributed by atoms with E-state index in [4.69, 9.17) is 10.00 Å². The fraction of sp³-hybridized carbons (Fsp3) is 0.167. The lowest BCUT2D eigenvalue weighted by Crippen LogP contribution is -2.04. The summed E-state index contributed by atoms with van der Waals surface area (Å²) in [5, 5.41) is 19.2. The van der Waals surface area contributed by atoms with Gasteiger partial charge < -0.3 is 4.74 Å². The quantitative estimate of drug-likeness (QED) is 0.766. The number of nitrogens with zero attached hydrogens (tertiary/aromatic N) is 3. The standard InChI is InChI=1S/C18H13F3N4O/c1-26-16-7-4-12(9-14(16)17-15(10-22)23-25-24-17)8-11-2-5-13(6-3-11)18(19,20)21/h2-7,9H,8H2,1H3,(H,23,24,25). The summed E-state index contributed by atoms with van der Waals surface area (Å²) in [6, 6.07) is 12.3. The van der Waals surface area contributed by atoms with Gasteiger partial charge in [0, 0.05) is 5.56 Å². The molecule has 0 aliphatic rings. The second-order valence-electron chi connectivity index (χ2n) is 5.55. The van der Waals surface area contributed by atoms with Gasteiger partial charge in [-0.2, -0.15) is 18.4 Å². The Morgan fingerprint density at radius 2 is 1.81 bits per heavy atom. The Morgan fingerprint density at radius 3 is 2.42 bits per heavy atom. The third kappa shape index (κ3) is 3.52. The Morgan fingerprint density at radius 1 is 1.12 bits per heavy atom. The van der Waals surface area contributed by atoms with Crippen LogP contribution >= 0.6 is 0 Å². The van der Waals surface area contributed by atoms with Crippen molar-refractivity contribution in [3.05, 3.63) is 64.8 Å². The number of aromatic nitrogens is 3. The van der Waals surface area contributed by atoms with Crippen LogP contribution in [0.4, 0.5) is 13.2 Å². The molecular weight excluding hydrogens is 345 g/mol. The predicted molar refractivity (Wildman–Crippen MR) is 87.3 cm³/mol. The van der Waals surface area contributed by atoms with Crippen LogP contribution in [-0.4, -0.2) is 22.5 Å². The highest BCUT2D eigenvalue weighted by molar-refractivity contribution is 5.71. The van der Waals surface area contributed by atoms with Gasteiger partial charge in [0.15, 0.2) is 5.69 Å². The average Bonchev–Trinajstić information content (AvgIpc) is 3.10. The number of H-pyrrole nitrogens is 1. The number of hydrogen-bond acceptors (Lipinski definition) is 4. The first-order valence-corrected chi connectivity index (χ1v) is 7.57. The molecule has 0 bridgehead atoms. The molecule has 0 radical (unpaired) electrons. The molecule has 0 saturated carbocycles. The van der Waals surface area contributed by atoms with Crippen LogP contribution in [0.1, 0.15) is 22.4 Å². The maximum atomic E-state index is 12.7. The fourth-order valence-electron chi connectivity index (χ4n) is 2.59. The number of methoxy groups -OCH3 is 1. The number of rotatable bonds is 4. The van der Waals surface area contributed by atoms with Gasteiger partial charge in [-0.15, -0.1) is 5.10 Å². The maximum absolute atomic E-state index is 12.7. The van der Waals surface area contributed by atoms with Crippen molar-refractivity contribution in [2.24, 2.45) is 0 Å². The summed E-state index contributed by atoms with van der Waals surface area (Å²) < 4.78 is 43.3. The first-order chi connectivity index (χ1) is 12.4. The van der Waals surface area contributed by atoms with Crippen molar-refractivity contribution in [3.63, 3.8) is 0 Å². The van der Waals surface area contributed by atoms with Gasteiger partial charge >= 0.3 is 6.18 Å². The van der Waals surface area contributed by atoms with Gasteiger partial charge in [-0.3, -0.25) is 0 Å². The smallest absolute Gasteiger partial charge is 0.416 e. The lowest BCUT2D eigenvalue weighted by Gasteiger charge is -2.10. The molecule has 0 saturated heterocycles. The second-order valence-corrected chi connectivity index (χ2v) is 5.55. The summed E-state index contributed by atoms with van der Waals surface area (Å²) >= 11 is 0. The summed E-state index contributed by atoms with van der Waals surface area (Å²) in [5.74, 6) is 0.520. The minimum atomic E-state index is -4.35. The van der Waals surface area contributed by atoms with E-state index in [1.807, 2.05) is 12.1 Å². The molecule has 26 heavy (non-hydrogen) atoms. The average molecular weight is 358 g/mol.